The molecule has 0 bridgehead atoms. The molecule has 0 aliphatic carbocycles. The predicted molar refractivity (Wildman–Crippen MR) is 108 cm³/mol. The van der Waals surface area contributed by atoms with Gasteiger partial charge >= 0.3 is 11.8 Å². The number of halogens is 1. The van der Waals surface area contributed by atoms with Crippen molar-refractivity contribution in [3.05, 3.63) is 58.6 Å². The summed E-state index contributed by atoms with van der Waals surface area (Å²) in [5.41, 5.74) is 4.55. The van der Waals surface area contributed by atoms with Gasteiger partial charge in [0.25, 0.3) is 0 Å². The minimum absolute atomic E-state index is 0.0181. The Labute approximate surface area is 165 Å². The van der Waals surface area contributed by atoms with E-state index in [-0.39, 0.29) is 12.3 Å². The molecule has 0 atom stereocenters. The minimum Gasteiger partial charge on any atom is -0.326 e. The fraction of sp³-hybridized carbons (Fsp3) is 0.158. The molecule has 27 heavy (non-hydrogen) atoms. The van der Waals surface area contributed by atoms with Gasteiger partial charge in [-0.25, -0.2) is 5.43 Å². The number of carbonyl (C=O) groups excluding carboxylic acids is 3. The molecule has 7 nitrogen and oxygen atoms in total. The summed E-state index contributed by atoms with van der Waals surface area (Å²) in [6.07, 6.45) is -0.0181. The average Bonchev–Trinajstić information content (AvgIpc) is 2.63. The quantitative estimate of drug-likeness (QED) is 0.385. The van der Waals surface area contributed by atoms with Gasteiger partial charge in [0.05, 0.1) is 6.42 Å². The molecule has 0 saturated carbocycles. The molecule has 0 heterocycles. The third-order valence-corrected chi connectivity index (χ3v) is 4.02. The number of rotatable bonds is 5. The summed E-state index contributed by atoms with van der Waals surface area (Å²) >= 11 is 3.32. The monoisotopic (exact) mass is 430 g/mol. The number of aryl methyl sites for hydroxylation is 1. The van der Waals surface area contributed by atoms with Gasteiger partial charge in [-0.1, -0.05) is 34.1 Å². The molecule has 140 valence electrons. The first-order valence-corrected chi connectivity index (χ1v) is 8.90. The van der Waals surface area contributed by atoms with Gasteiger partial charge < -0.3 is 10.6 Å². The van der Waals surface area contributed by atoms with Crippen LogP contribution in [0.3, 0.4) is 0 Å². The van der Waals surface area contributed by atoms with Crippen molar-refractivity contribution in [2.24, 2.45) is 5.10 Å². The van der Waals surface area contributed by atoms with Crippen LogP contribution in [0.1, 0.15) is 18.9 Å². The van der Waals surface area contributed by atoms with Gasteiger partial charge in [0.15, 0.2) is 0 Å². The second-order valence-electron chi connectivity index (χ2n) is 5.79. The second kappa shape index (κ2) is 9.63. The molecule has 0 aliphatic rings. The van der Waals surface area contributed by atoms with Crippen molar-refractivity contribution >= 4 is 50.7 Å². The van der Waals surface area contributed by atoms with Crippen molar-refractivity contribution in [1.29, 1.82) is 0 Å². The second-order valence-corrected chi connectivity index (χ2v) is 6.70. The van der Waals surface area contributed by atoms with E-state index < -0.39 is 11.8 Å². The Hall–Kier alpha value is -3.00. The van der Waals surface area contributed by atoms with Gasteiger partial charge in [-0.15, -0.1) is 0 Å². The standard InChI is InChI=1S/C19H19BrN4O3/c1-12-5-3-4-6-16(12)22-18(26)19(27)24-23-13(2)11-17(25)21-15-9-7-14(20)8-10-15/h3-10H,11H2,1-2H3,(H,21,25)(H,22,26)(H,24,27). The number of hydrogen-bond donors (Lipinski definition) is 3. The maximum atomic E-state index is 12.0. The van der Waals surface area contributed by atoms with Crippen molar-refractivity contribution in [2.45, 2.75) is 20.3 Å². The van der Waals surface area contributed by atoms with Crippen LogP contribution in [0, 0.1) is 6.92 Å². The van der Waals surface area contributed by atoms with E-state index in [4.69, 9.17) is 0 Å². The zero-order valence-electron chi connectivity index (χ0n) is 14.9. The van der Waals surface area contributed by atoms with Gasteiger partial charge in [-0.05, 0) is 49.7 Å². The zero-order chi connectivity index (χ0) is 19.8. The lowest BCUT2D eigenvalue weighted by Gasteiger charge is -2.07. The van der Waals surface area contributed by atoms with Crippen LogP contribution in [0.2, 0.25) is 0 Å². The molecule has 0 radical (unpaired) electrons. The highest BCUT2D eigenvalue weighted by Crippen LogP contribution is 2.14. The van der Waals surface area contributed by atoms with E-state index in [1.807, 2.05) is 31.2 Å². The molecule has 2 aromatic carbocycles. The van der Waals surface area contributed by atoms with Crippen LogP contribution < -0.4 is 16.1 Å². The fourth-order valence-corrected chi connectivity index (χ4v) is 2.36. The van der Waals surface area contributed by atoms with Crippen LogP contribution in [-0.4, -0.2) is 23.4 Å². The van der Waals surface area contributed by atoms with Crippen molar-refractivity contribution in [2.75, 3.05) is 10.6 Å². The fourth-order valence-electron chi connectivity index (χ4n) is 2.10. The van der Waals surface area contributed by atoms with E-state index >= 15 is 0 Å². The van der Waals surface area contributed by atoms with E-state index in [9.17, 15) is 14.4 Å². The number of benzene rings is 2. The van der Waals surface area contributed by atoms with Crippen molar-refractivity contribution < 1.29 is 14.4 Å². The van der Waals surface area contributed by atoms with Crippen LogP contribution in [0.25, 0.3) is 0 Å². The van der Waals surface area contributed by atoms with Crippen LogP contribution in [0.5, 0.6) is 0 Å². The molecule has 8 heteroatoms. The lowest BCUT2D eigenvalue weighted by Crippen LogP contribution is -2.33. The Morgan fingerprint density at radius 1 is 0.963 bits per heavy atom. The highest BCUT2D eigenvalue weighted by atomic mass is 79.9. The summed E-state index contributed by atoms with van der Waals surface area (Å²) in [6, 6.07) is 14.2. The molecule has 0 aromatic heterocycles. The lowest BCUT2D eigenvalue weighted by atomic mass is 10.2. The Morgan fingerprint density at radius 2 is 1.63 bits per heavy atom. The van der Waals surface area contributed by atoms with Gasteiger partial charge in [-0.2, -0.15) is 5.10 Å². The zero-order valence-corrected chi connectivity index (χ0v) is 16.5. The third-order valence-electron chi connectivity index (χ3n) is 3.49. The number of nitrogens with one attached hydrogen (secondary N) is 3. The maximum absolute atomic E-state index is 12.0. The van der Waals surface area contributed by atoms with Crippen LogP contribution in [-0.2, 0) is 14.4 Å². The SMILES string of the molecule is CC(CC(=O)Nc1ccc(Br)cc1)=NNC(=O)C(=O)Nc1ccccc1C. The molecule has 2 aromatic rings. The van der Waals surface area contributed by atoms with E-state index in [2.05, 4.69) is 37.1 Å². The number of hydrazone groups is 1. The van der Waals surface area contributed by atoms with E-state index in [1.54, 1.807) is 31.2 Å². The number of amides is 3. The average molecular weight is 431 g/mol. The van der Waals surface area contributed by atoms with Crippen molar-refractivity contribution in [1.82, 2.24) is 5.43 Å². The summed E-state index contributed by atoms with van der Waals surface area (Å²) in [5, 5.41) is 9.02. The summed E-state index contributed by atoms with van der Waals surface area (Å²) in [7, 11) is 0. The third kappa shape index (κ3) is 6.67. The number of nitrogens with zero attached hydrogens (tertiary/aromatic N) is 1. The number of carbonyl (C=O) groups is 3. The first kappa shape index (κ1) is 20.3. The molecule has 0 spiro atoms. The molecular formula is C19H19BrN4O3. The van der Waals surface area contributed by atoms with Crippen LogP contribution in [0.4, 0.5) is 11.4 Å². The Bertz CT molecular complexity index is 879. The lowest BCUT2D eigenvalue weighted by molar-refractivity contribution is -0.136. The van der Waals surface area contributed by atoms with Gasteiger partial charge in [0.2, 0.25) is 5.91 Å². The Kier molecular flexibility index (Phi) is 7.25. The minimum atomic E-state index is -0.911. The highest BCUT2D eigenvalue weighted by Gasteiger charge is 2.14. The van der Waals surface area contributed by atoms with Crippen LogP contribution >= 0.6 is 15.9 Å². The van der Waals surface area contributed by atoms with E-state index in [0.717, 1.165) is 10.0 Å². The first-order valence-electron chi connectivity index (χ1n) is 8.10. The highest BCUT2D eigenvalue weighted by molar-refractivity contribution is 9.10. The van der Waals surface area contributed by atoms with Gasteiger partial charge in [0, 0.05) is 21.6 Å². The van der Waals surface area contributed by atoms with Gasteiger partial charge in [-0.3, -0.25) is 14.4 Å². The number of anilines is 2. The molecule has 0 aliphatic heterocycles. The molecule has 2 rings (SSSR count). The summed E-state index contributed by atoms with van der Waals surface area (Å²) < 4.78 is 0.907. The Balaban J connectivity index is 1.83. The van der Waals surface area contributed by atoms with Crippen molar-refractivity contribution in [3.63, 3.8) is 0 Å². The number of para-hydroxylation sites is 1. The summed E-state index contributed by atoms with van der Waals surface area (Å²) in [4.78, 5) is 35.7. The smallest absolute Gasteiger partial charge is 0.326 e. The summed E-state index contributed by atoms with van der Waals surface area (Å²) in [5.74, 6) is -2.02. The largest absolute Gasteiger partial charge is 0.329 e. The van der Waals surface area contributed by atoms with Crippen LogP contribution in [0.15, 0.2) is 58.1 Å². The normalized spacial score (nSPS) is 10.9. The molecule has 3 N–H and O–H groups in total. The molecule has 0 fully saturated rings. The van der Waals surface area contributed by atoms with Crippen molar-refractivity contribution in [3.8, 4) is 0 Å². The number of hydrogen-bond acceptors (Lipinski definition) is 4. The topological polar surface area (TPSA) is 99.7 Å². The van der Waals surface area contributed by atoms with Gasteiger partial charge in [0.1, 0.15) is 0 Å². The summed E-state index contributed by atoms with van der Waals surface area (Å²) in [6.45, 7) is 3.40. The van der Waals surface area contributed by atoms with E-state index in [1.165, 1.54) is 0 Å². The first-order chi connectivity index (χ1) is 12.8. The molecular weight excluding hydrogens is 412 g/mol. The Morgan fingerprint density at radius 3 is 2.30 bits per heavy atom. The van der Waals surface area contributed by atoms with E-state index in [0.29, 0.717) is 17.1 Å². The predicted octanol–water partition coefficient (Wildman–Crippen LogP) is 3.22. The molecule has 0 saturated heterocycles. The molecule has 3 amide bonds. The maximum Gasteiger partial charge on any atom is 0.329 e. The molecule has 0 unspecified atom stereocenters.